The summed E-state index contributed by atoms with van der Waals surface area (Å²) in [7, 11) is 0. The van der Waals surface area contributed by atoms with Crippen LogP contribution in [0.5, 0.6) is 0 Å². The molecule has 1 N–H and O–H groups in total. The molecule has 0 heterocycles. The fourth-order valence-electron chi connectivity index (χ4n) is 2.61. The Morgan fingerprint density at radius 3 is 2.12 bits per heavy atom. The van der Waals surface area contributed by atoms with Crippen molar-refractivity contribution >= 4 is 5.97 Å². The molecule has 0 aromatic heterocycles. The van der Waals surface area contributed by atoms with E-state index in [1.165, 1.54) is 12.8 Å². The van der Waals surface area contributed by atoms with Gasteiger partial charge in [-0.3, -0.25) is 9.69 Å². The van der Waals surface area contributed by atoms with Crippen molar-refractivity contribution in [3.63, 3.8) is 0 Å². The molecule has 1 fully saturated rings. The summed E-state index contributed by atoms with van der Waals surface area (Å²) in [6.07, 6.45) is 4.76. The third-order valence-electron chi connectivity index (χ3n) is 3.59. The monoisotopic (exact) mass is 227 g/mol. The van der Waals surface area contributed by atoms with Crippen molar-refractivity contribution in [2.45, 2.75) is 65.0 Å². The zero-order valence-corrected chi connectivity index (χ0v) is 11.0. The number of carboxylic acid groups (broad SMARTS) is 1. The maximum Gasteiger partial charge on any atom is 0.317 e. The van der Waals surface area contributed by atoms with Gasteiger partial charge in [0.1, 0.15) is 0 Å². The largest absolute Gasteiger partial charge is 0.480 e. The zero-order valence-electron chi connectivity index (χ0n) is 11.0. The van der Waals surface area contributed by atoms with Crippen molar-refractivity contribution in [1.29, 1.82) is 0 Å². The first-order valence-corrected chi connectivity index (χ1v) is 6.29. The van der Waals surface area contributed by atoms with E-state index in [2.05, 4.69) is 32.6 Å². The molecule has 0 aliphatic heterocycles. The van der Waals surface area contributed by atoms with Crippen LogP contribution in [0.4, 0.5) is 0 Å². The highest BCUT2D eigenvalue weighted by Crippen LogP contribution is 2.30. The lowest BCUT2D eigenvalue weighted by molar-refractivity contribution is -0.141. The third kappa shape index (κ3) is 3.78. The van der Waals surface area contributed by atoms with E-state index in [0.717, 1.165) is 18.8 Å². The Morgan fingerprint density at radius 2 is 1.75 bits per heavy atom. The van der Waals surface area contributed by atoms with Crippen LogP contribution >= 0.6 is 0 Å². The molecular formula is C13H25NO2. The van der Waals surface area contributed by atoms with E-state index in [1.54, 1.807) is 0 Å². The minimum Gasteiger partial charge on any atom is -0.480 e. The molecule has 1 saturated carbocycles. The predicted octanol–water partition coefficient (Wildman–Crippen LogP) is 2.75. The van der Waals surface area contributed by atoms with Crippen LogP contribution in [0.2, 0.25) is 0 Å². The van der Waals surface area contributed by atoms with Crippen molar-refractivity contribution in [2.24, 2.45) is 5.92 Å². The first-order valence-electron chi connectivity index (χ1n) is 6.29. The number of carbonyl (C=O) groups is 1. The van der Waals surface area contributed by atoms with Crippen molar-refractivity contribution in [3.8, 4) is 0 Å². The van der Waals surface area contributed by atoms with Gasteiger partial charge in [0, 0.05) is 11.6 Å². The Balaban J connectivity index is 2.65. The number of nitrogens with zero attached hydrogens (tertiary/aromatic N) is 1. The fourth-order valence-corrected chi connectivity index (χ4v) is 2.61. The van der Waals surface area contributed by atoms with Crippen molar-refractivity contribution in [2.75, 3.05) is 6.54 Å². The van der Waals surface area contributed by atoms with E-state index in [-0.39, 0.29) is 12.1 Å². The Bertz CT molecular complexity index is 237. The molecule has 0 saturated heterocycles. The van der Waals surface area contributed by atoms with Gasteiger partial charge in [0.05, 0.1) is 6.54 Å². The van der Waals surface area contributed by atoms with Crippen LogP contribution in [-0.2, 0) is 4.79 Å². The summed E-state index contributed by atoms with van der Waals surface area (Å²) in [6, 6.07) is 0.451. The summed E-state index contributed by atoms with van der Waals surface area (Å²) in [5, 5.41) is 8.99. The van der Waals surface area contributed by atoms with Gasteiger partial charge in [0.2, 0.25) is 0 Å². The zero-order chi connectivity index (χ0) is 12.3. The van der Waals surface area contributed by atoms with Gasteiger partial charge in [-0.1, -0.05) is 6.92 Å². The van der Waals surface area contributed by atoms with E-state index >= 15 is 0 Å². The number of aliphatic carboxylic acids is 1. The van der Waals surface area contributed by atoms with Gasteiger partial charge < -0.3 is 5.11 Å². The maximum atomic E-state index is 10.9. The van der Waals surface area contributed by atoms with Gasteiger partial charge in [0.25, 0.3) is 0 Å². The maximum absolute atomic E-state index is 10.9. The highest BCUT2D eigenvalue weighted by atomic mass is 16.4. The molecule has 16 heavy (non-hydrogen) atoms. The summed E-state index contributed by atoms with van der Waals surface area (Å²) in [5.41, 5.74) is -0.0519. The number of carboxylic acids is 1. The van der Waals surface area contributed by atoms with Crippen LogP contribution in [0.15, 0.2) is 0 Å². The average molecular weight is 227 g/mol. The van der Waals surface area contributed by atoms with Crippen LogP contribution in [0, 0.1) is 5.92 Å². The van der Waals surface area contributed by atoms with Crippen LogP contribution < -0.4 is 0 Å². The Hall–Kier alpha value is -0.570. The highest BCUT2D eigenvalue weighted by Gasteiger charge is 2.32. The normalized spacial score (nSPS) is 27.1. The molecule has 94 valence electrons. The highest BCUT2D eigenvalue weighted by molar-refractivity contribution is 5.69. The van der Waals surface area contributed by atoms with E-state index in [1.807, 2.05) is 0 Å². The lowest BCUT2D eigenvalue weighted by Gasteiger charge is -2.43. The fraction of sp³-hybridized carbons (Fsp3) is 0.923. The lowest BCUT2D eigenvalue weighted by atomic mass is 9.85. The van der Waals surface area contributed by atoms with Crippen LogP contribution in [0.3, 0.4) is 0 Å². The molecule has 0 atom stereocenters. The molecule has 0 aromatic carbocycles. The van der Waals surface area contributed by atoms with E-state index in [9.17, 15) is 4.79 Å². The second-order valence-corrected chi connectivity index (χ2v) is 6.11. The minimum atomic E-state index is -0.714. The summed E-state index contributed by atoms with van der Waals surface area (Å²) < 4.78 is 0. The molecular weight excluding hydrogens is 202 g/mol. The summed E-state index contributed by atoms with van der Waals surface area (Å²) in [4.78, 5) is 13.1. The van der Waals surface area contributed by atoms with Gasteiger partial charge >= 0.3 is 5.97 Å². The number of hydrogen-bond donors (Lipinski definition) is 1. The topological polar surface area (TPSA) is 40.5 Å². The van der Waals surface area contributed by atoms with Gasteiger partial charge in [-0.2, -0.15) is 0 Å². The van der Waals surface area contributed by atoms with Crippen LogP contribution in [0.1, 0.15) is 53.4 Å². The molecule has 3 nitrogen and oxygen atoms in total. The van der Waals surface area contributed by atoms with Crippen LogP contribution in [0.25, 0.3) is 0 Å². The van der Waals surface area contributed by atoms with Crippen molar-refractivity contribution < 1.29 is 9.90 Å². The molecule has 0 radical (unpaired) electrons. The van der Waals surface area contributed by atoms with Crippen molar-refractivity contribution in [3.05, 3.63) is 0 Å². The molecule has 0 aromatic rings. The Labute approximate surface area is 98.8 Å². The van der Waals surface area contributed by atoms with E-state index in [4.69, 9.17) is 5.11 Å². The summed E-state index contributed by atoms with van der Waals surface area (Å²) in [6.45, 7) is 8.77. The molecule has 0 bridgehead atoms. The molecule has 3 heteroatoms. The average Bonchev–Trinajstić information content (AvgIpc) is 2.14. The second kappa shape index (κ2) is 5.17. The second-order valence-electron chi connectivity index (χ2n) is 6.11. The first-order chi connectivity index (χ1) is 7.30. The van der Waals surface area contributed by atoms with Gasteiger partial charge in [-0.05, 0) is 52.4 Å². The number of rotatable bonds is 3. The summed E-state index contributed by atoms with van der Waals surface area (Å²) in [5.74, 6) is 0.0939. The molecule has 0 spiro atoms. The lowest BCUT2D eigenvalue weighted by Crippen LogP contribution is -2.51. The molecule has 0 unspecified atom stereocenters. The van der Waals surface area contributed by atoms with Gasteiger partial charge in [0.15, 0.2) is 0 Å². The van der Waals surface area contributed by atoms with Gasteiger partial charge in [-0.15, -0.1) is 0 Å². The van der Waals surface area contributed by atoms with Crippen LogP contribution in [-0.4, -0.2) is 34.1 Å². The molecule has 1 rings (SSSR count). The molecule has 1 aliphatic rings. The third-order valence-corrected chi connectivity index (χ3v) is 3.59. The van der Waals surface area contributed by atoms with E-state index < -0.39 is 5.97 Å². The van der Waals surface area contributed by atoms with Crippen molar-refractivity contribution in [1.82, 2.24) is 4.90 Å². The first kappa shape index (κ1) is 13.5. The smallest absolute Gasteiger partial charge is 0.317 e. The quantitative estimate of drug-likeness (QED) is 0.806. The Kier molecular flexibility index (Phi) is 4.36. The predicted molar refractivity (Wildman–Crippen MR) is 65.5 cm³/mol. The number of hydrogen-bond acceptors (Lipinski definition) is 2. The Morgan fingerprint density at radius 1 is 1.25 bits per heavy atom. The minimum absolute atomic E-state index is 0.0519. The molecule has 0 amide bonds. The summed E-state index contributed by atoms with van der Waals surface area (Å²) >= 11 is 0. The molecule has 1 aliphatic carbocycles. The SMILES string of the molecule is CC1CCC(N(CC(=O)O)C(C)(C)C)CC1. The standard InChI is InChI=1S/C13H25NO2/c1-10-5-7-11(8-6-10)14(9-12(15)16)13(2,3)4/h10-11H,5-9H2,1-4H3,(H,15,16). The van der Waals surface area contributed by atoms with E-state index in [0.29, 0.717) is 6.04 Å². The van der Waals surface area contributed by atoms with Gasteiger partial charge in [-0.25, -0.2) is 0 Å².